The Morgan fingerprint density at radius 1 is 0.865 bits per heavy atom. The number of aromatic nitrogens is 1. The third-order valence-electron chi connectivity index (χ3n) is 12.1. The Kier molecular flexibility index (Phi) is 9.23. The van der Waals surface area contributed by atoms with Crippen molar-refractivity contribution in [1.82, 2.24) is 10.3 Å². The topological polar surface area (TPSA) is 46.5 Å². The molecule has 0 radical (unpaired) electrons. The monoisotopic (exact) mass is 683 g/mol. The summed E-state index contributed by atoms with van der Waals surface area (Å²) < 4.78 is 6.82. The number of nitrogens with zero attached hydrogens (tertiary/aromatic N) is 2. The fraction of sp³-hybridized carbons (Fsp3) is 0.333. The van der Waals surface area contributed by atoms with Gasteiger partial charge in [-0.3, -0.25) is 9.98 Å². The number of hydrogen-bond donors (Lipinski definition) is 1. The number of hydrogen-bond acceptors (Lipinski definition) is 4. The number of rotatable bonds is 7. The molecule has 0 amide bonds. The number of allylic oxidation sites excluding steroid dienone is 14. The zero-order chi connectivity index (χ0) is 34.9. The van der Waals surface area contributed by atoms with E-state index in [0.717, 1.165) is 60.4 Å². The second-order valence-corrected chi connectivity index (χ2v) is 15.3. The van der Waals surface area contributed by atoms with Crippen molar-refractivity contribution < 1.29 is 4.74 Å². The molecule has 52 heavy (non-hydrogen) atoms. The standard InChI is InChI=1S/C48H49N3O/c1-2-32-30-43(42-29-38(34-17-8-4-9-18-34)31-49-45(42)36-19-10-5-11-20-36)50-48(37-27-25-35(26-28-37)33-15-6-3-7-16-33)51-46(32)41-23-14-22-40-39-21-12-13-24-44(39)52-47(40)41/h4-6,8-15,17,19-21,23-25,27-29,31,33-35,39-40,44,48,51H,2-3,7,16,18,22,26,30H2,1H3. The van der Waals surface area contributed by atoms with Crippen molar-refractivity contribution in [3.05, 3.63) is 173 Å². The molecule has 2 aromatic rings. The van der Waals surface area contributed by atoms with Crippen LogP contribution in [-0.4, -0.2) is 23.0 Å². The molecule has 4 heteroatoms. The number of benzene rings is 1. The molecule has 1 aromatic carbocycles. The maximum absolute atomic E-state index is 6.82. The van der Waals surface area contributed by atoms with Crippen molar-refractivity contribution in [2.24, 2.45) is 28.7 Å². The zero-order valence-corrected chi connectivity index (χ0v) is 30.2. The SMILES string of the molecule is CCC1=C(C2=C3OC4C=CC=CC4C3CC=C2)NC(C2=CCC(C3C=CCCC3)C=C2)N=C(c2cc(C3C=CC=CC3)cnc2-c2ccccc2)C1. The van der Waals surface area contributed by atoms with Crippen LogP contribution in [0.25, 0.3) is 11.3 Å². The summed E-state index contributed by atoms with van der Waals surface area (Å²) in [6.07, 6.45) is 45.0. The average Bonchev–Trinajstić information content (AvgIpc) is 3.50. The van der Waals surface area contributed by atoms with Crippen LogP contribution >= 0.6 is 0 Å². The first-order chi connectivity index (χ1) is 25.7. The fourth-order valence-corrected chi connectivity index (χ4v) is 9.22. The van der Waals surface area contributed by atoms with Crippen molar-refractivity contribution in [1.29, 1.82) is 0 Å². The molecule has 2 aliphatic heterocycles. The lowest BCUT2D eigenvalue weighted by Gasteiger charge is -2.29. The van der Waals surface area contributed by atoms with Crippen molar-refractivity contribution in [3.8, 4) is 11.3 Å². The molecule has 1 fully saturated rings. The summed E-state index contributed by atoms with van der Waals surface area (Å²) in [4.78, 5) is 10.9. The van der Waals surface area contributed by atoms with Crippen molar-refractivity contribution in [3.63, 3.8) is 0 Å². The molecule has 7 aliphatic rings. The van der Waals surface area contributed by atoms with E-state index in [2.05, 4.69) is 146 Å². The van der Waals surface area contributed by atoms with Gasteiger partial charge in [0, 0.05) is 52.8 Å². The molecule has 1 saturated heterocycles. The van der Waals surface area contributed by atoms with Crippen LogP contribution in [0.2, 0.25) is 0 Å². The van der Waals surface area contributed by atoms with Crippen molar-refractivity contribution in [2.75, 3.05) is 0 Å². The highest BCUT2D eigenvalue weighted by atomic mass is 16.5. The third kappa shape index (κ3) is 6.38. The molecule has 7 unspecified atom stereocenters. The molecule has 1 aromatic heterocycles. The molecule has 0 saturated carbocycles. The molecule has 7 atom stereocenters. The summed E-state index contributed by atoms with van der Waals surface area (Å²) in [5.74, 6) is 3.33. The first-order valence-electron chi connectivity index (χ1n) is 19.7. The van der Waals surface area contributed by atoms with E-state index in [1.165, 1.54) is 47.2 Å². The summed E-state index contributed by atoms with van der Waals surface area (Å²) >= 11 is 0. The Morgan fingerprint density at radius 3 is 2.58 bits per heavy atom. The Hall–Kier alpha value is -4.96. The van der Waals surface area contributed by atoms with E-state index in [-0.39, 0.29) is 12.3 Å². The highest BCUT2D eigenvalue weighted by Gasteiger charge is 2.42. The van der Waals surface area contributed by atoms with Crippen LogP contribution < -0.4 is 5.32 Å². The van der Waals surface area contributed by atoms with E-state index in [9.17, 15) is 0 Å². The van der Waals surface area contributed by atoms with Gasteiger partial charge in [-0.25, -0.2) is 0 Å². The van der Waals surface area contributed by atoms with Gasteiger partial charge in [0.25, 0.3) is 0 Å². The molecular formula is C48H49N3O. The predicted molar refractivity (Wildman–Crippen MR) is 213 cm³/mol. The summed E-state index contributed by atoms with van der Waals surface area (Å²) in [6, 6.07) is 13.0. The van der Waals surface area contributed by atoms with Gasteiger partial charge in [-0.15, -0.1) is 0 Å². The number of pyridine rings is 1. The quantitative estimate of drug-likeness (QED) is 0.296. The second-order valence-electron chi connectivity index (χ2n) is 15.3. The van der Waals surface area contributed by atoms with E-state index in [0.29, 0.717) is 29.6 Å². The molecule has 1 N–H and O–H groups in total. The molecule has 4 nitrogen and oxygen atoms in total. The molecule has 9 rings (SSSR count). The lowest BCUT2D eigenvalue weighted by atomic mass is 9.79. The van der Waals surface area contributed by atoms with Gasteiger partial charge in [-0.05, 0) is 85.6 Å². The first kappa shape index (κ1) is 32.9. The van der Waals surface area contributed by atoms with Crippen LogP contribution in [0.15, 0.2) is 167 Å². The van der Waals surface area contributed by atoms with Crippen LogP contribution in [0.4, 0.5) is 0 Å². The Labute approximate surface area is 309 Å². The van der Waals surface area contributed by atoms with Crippen molar-refractivity contribution >= 4 is 5.71 Å². The second kappa shape index (κ2) is 14.6. The minimum atomic E-state index is -0.233. The maximum Gasteiger partial charge on any atom is 0.144 e. The van der Waals surface area contributed by atoms with Crippen LogP contribution in [0, 0.1) is 23.7 Å². The van der Waals surface area contributed by atoms with E-state index >= 15 is 0 Å². The molecule has 5 aliphatic carbocycles. The highest BCUT2D eigenvalue weighted by molar-refractivity contribution is 6.07. The van der Waals surface area contributed by atoms with Crippen LogP contribution in [0.3, 0.4) is 0 Å². The van der Waals surface area contributed by atoms with Crippen molar-refractivity contribution in [2.45, 2.75) is 76.5 Å². The number of ether oxygens (including phenoxy) is 1. The van der Waals surface area contributed by atoms with E-state index in [1.807, 2.05) is 0 Å². The molecule has 0 spiro atoms. The predicted octanol–water partition coefficient (Wildman–Crippen LogP) is 11.0. The summed E-state index contributed by atoms with van der Waals surface area (Å²) in [6.45, 7) is 2.29. The molecule has 3 heterocycles. The van der Waals surface area contributed by atoms with E-state index < -0.39 is 0 Å². The summed E-state index contributed by atoms with van der Waals surface area (Å²) in [5.41, 5.74) is 10.6. The lowest BCUT2D eigenvalue weighted by molar-refractivity contribution is 0.182. The van der Waals surface area contributed by atoms with Gasteiger partial charge >= 0.3 is 0 Å². The van der Waals surface area contributed by atoms with Gasteiger partial charge in [-0.2, -0.15) is 0 Å². The van der Waals surface area contributed by atoms with Gasteiger partial charge in [0.15, 0.2) is 0 Å². The third-order valence-corrected chi connectivity index (χ3v) is 12.1. The maximum atomic E-state index is 6.82. The van der Waals surface area contributed by atoms with Gasteiger partial charge in [0.2, 0.25) is 0 Å². The number of fused-ring (bicyclic) bond motifs is 3. The minimum absolute atomic E-state index is 0.0969. The van der Waals surface area contributed by atoms with Gasteiger partial charge < -0.3 is 10.1 Å². The van der Waals surface area contributed by atoms with Crippen LogP contribution in [0.1, 0.15) is 75.3 Å². The minimum Gasteiger partial charge on any atom is -0.489 e. The number of aliphatic imine (C=N–C) groups is 1. The van der Waals surface area contributed by atoms with Gasteiger partial charge in [0.1, 0.15) is 18.0 Å². The van der Waals surface area contributed by atoms with Crippen LogP contribution in [-0.2, 0) is 4.74 Å². The largest absolute Gasteiger partial charge is 0.489 e. The van der Waals surface area contributed by atoms with E-state index in [1.54, 1.807) is 0 Å². The van der Waals surface area contributed by atoms with Gasteiger partial charge in [0.05, 0.1) is 11.4 Å². The Morgan fingerprint density at radius 2 is 1.77 bits per heavy atom. The molecule has 0 bridgehead atoms. The smallest absolute Gasteiger partial charge is 0.144 e. The summed E-state index contributed by atoms with van der Waals surface area (Å²) in [5, 5.41) is 4.07. The normalized spacial score (nSPS) is 30.4. The van der Waals surface area contributed by atoms with Crippen LogP contribution in [0.5, 0.6) is 0 Å². The lowest BCUT2D eigenvalue weighted by Crippen LogP contribution is -2.31. The Bertz CT molecular complexity index is 2050. The summed E-state index contributed by atoms with van der Waals surface area (Å²) in [7, 11) is 0. The first-order valence-corrected chi connectivity index (χ1v) is 19.7. The molecular weight excluding hydrogens is 635 g/mol. The number of nitrogens with one attached hydrogen (secondary N) is 1. The Balaban J connectivity index is 1.17. The highest BCUT2D eigenvalue weighted by Crippen LogP contribution is 2.47. The fourth-order valence-electron chi connectivity index (χ4n) is 9.22. The average molecular weight is 684 g/mol. The van der Waals surface area contributed by atoms with E-state index in [4.69, 9.17) is 14.7 Å². The van der Waals surface area contributed by atoms with Gasteiger partial charge in [-0.1, -0.05) is 122 Å². The zero-order valence-electron chi connectivity index (χ0n) is 30.2. The molecule has 262 valence electrons.